The van der Waals surface area contributed by atoms with E-state index >= 15 is 0 Å². The zero-order valence-corrected chi connectivity index (χ0v) is 10.2. The van der Waals surface area contributed by atoms with E-state index in [0.717, 1.165) is 6.42 Å². The molecule has 0 fully saturated rings. The Labute approximate surface area is 101 Å². The van der Waals surface area contributed by atoms with E-state index in [2.05, 4.69) is 16.6 Å². The van der Waals surface area contributed by atoms with Gasteiger partial charge in [-0.05, 0) is 6.42 Å². The highest BCUT2D eigenvalue weighted by atomic mass is 16.5. The monoisotopic (exact) mass is 242 g/mol. The summed E-state index contributed by atoms with van der Waals surface area (Å²) in [5, 5.41) is 18.6. The molecule has 0 aliphatic carbocycles. The molecule has 0 heterocycles. The molecule has 5 heteroatoms. The number of ether oxygens (including phenoxy) is 1. The van der Waals surface area contributed by atoms with Crippen LogP contribution in [0.2, 0.25) is 0 Å². The number of carbonyl (C=O) groups excluding carboxylic acids is 1. The van der Waals surface area contributed by atoms with E-state index in [4.69, 9.17) is 5.11 Å². The van der Waals surface area contributed by atoms with Crippen molar-refractivity contribution < 1.29 is 24.5 Å². The summed E-state index contributed by atoms with van der Waals surface area (Å²) in [6.07, 6.45) is 1.16. The van der Waals surface area contributed by atoms with Crippen LogP contribution < -0.4 is 0 Å². The Kier molecular flexibility index (Phi) is 6.99. The number of hydrogen-bond donors (Lipinski definition) is 2. The lowest BCUT2D eigenvalue weighted by atomic mass is 9.99. The van der Waals surface area contributed by atoms with Crippen LogP contribution in [0, 0.1) is 11.8 Å². The molecule has 0 aromatic carbocycles. The molecule has 0 radical (unpaired) electrons. The highest BCUT2D eigenvalue weighted by Gasteiger charge is 2.26. The Morgan fingerprint density at radius 2 is 2.06 bits per heavy atom. The smallest absolute Gasteiger partial charge is 0.303 e. The van der Waals surface area contributed by atoms with Gasteiger partial charge in [-0.25, -0.2) is 0 Å². The highest BCUT2D eigenvalue weighted by Crippen LogP contribution is 2.13. The molecule has 0 saturated heterocycles. The molecule has 0 aliphatic rings. The van der Waals surface area contributed by atoms with Crippen molar-refractivity contribution in [2.75, 3.05) is 6.61 Å². The van der Waals surface area contributed by atoms with Gasteiger partial charge in [0.05, 0.1) is 0 Å². The largest absolute Gasteiger partial charge is 0.481 e. The van der Waals surface area contributed by atoms with Crippen molar-refractivity contribution >= 4 is 11.9 Å². The third-order valence-corrected chi connectivity index (χ3v) is 1.96. The van der Waals surface area contributed by atoms with Crippen molar-refractivity contribution in [1.82, 2.24) is 0 Å². The van der Waals surface area contributed by atoms with Crippen LogP contribution in [0.4, 0.5) is 0 Å². The molecular formula is C12H18O5. The second-order valence-corrected chi connectivity index (χ2v) is 3.76. The van der Waals surface area contributed by atoms with E-state index in [1.54, 1.807) is 0 Å². The minimum atomic E-state index is -1.57. The third-order valence-electron chi connectivity index (χ3n) is 1.96. The maximum Gasteiger partial charge on any atom is 0.303 e. The summed E-state index contributed by atoms with van der Waals surface area (Å²) in [6.45, 7) is 2.86. The molecule has 0 amide bonds. The van der Waals surface area contributed by atoms with Crippen LogP contribution in [0.1, 0.15) is 39.5 Å². The molecule has 1 unspecified atom stereocenters. The Balaban J connectivity index is 4.51. The van der Waals surface area contributed by atoms with Gasteiger partial charge in [0.2, 0.25) is 0 Å². The third kappa shape index (κ3) is 8.29. The maximum atomic E-state index is 10.7. The zero-order valence-electron chi connectivity index (χ0n) is 10.2. The van der Waals surface area contributed by atoms with E-state index < -0.39 is 17.5 Å². The van der Waals surface area contributed by atoms with Crippen LogP contribution in [0.3, 0.4) is 0 Å². The van der Waals surface area contributed by atoms with E-state index in [0.29, 0.717) is 6.42 Å². The van der Waals surface area contributed by atoms with Crippen LogP contribution in [0.5, 0.6) is 0 Å². The van der Waals surface area contributed by atoms with Crippen molar-refractivity contribution in [3.05, 3.63) is 0 Å². The normalized spacial score (nSPS) is 13.1. The van der Waals surface area contributed by atoms with Gasteiger partial charge in [0.1, 0.15) is 6.61 Å². The lowest BCUT2D eigenvalue weighted by molar-refractivity contribution is -0.147. The Morgan fingerprint density at radius 1 is 1.41 bits per heavy atom. The summed E-state index contributed by atoms with van der Waals surface area (Å²) in [5.41, 5.74) is -1.57. The van der Waals surface area contributed by atoms with Gasteiger partial charge in [0, 0.05) is 26.2 Å². The fraction of sp³-hybridized carbons (Fsp3) is 0.667. The minimum absolute atomic E-state index is 0.0632. The first kappa shape index (κ1) is 15.5. The van der Waals surface area contributed by atoms with E-state index in [9.17, 15) is 14.7 Å². The molecule has 0 aromatic rings. The quantitative estimate of drug-likeness (QED) is 0.535. The summed E-state index contributed by atoms with van der Waals surface area (Å²) in [7, 11) is 0. The summed E-state index contributed by atoms with van der Waals surface area (Å²) in [4.78, 5) is 21.1. The van der Waals surface area contributed by atoms with Crippen molar-refractivity contribution in [2.24, 2.45) is 0 Å². The van der Waals surface area contributed by atoms with Gasteiger partial charge in [0.25, 0.3) is 0 Å². The maximum absolute atomic E-state index is 10.7. The number of esters is 1. The Hall–Kier alpha value is -1.54. The zero-order chi connectivity index (χ0) is 13.3. The van der Waals surface area contributed by atoms with Crippen molar-refractivity contribution in [1.29, 1.82) is 0 Å². The van der Waals surface area contributed by atoms with Crippen LogP contribution in [0.15, 0.2) is 0 Å². The molecule has 0 spiro atoms. The van der Waals surface area contributed by atoms with Gasteiger partial charge in [0.15, 0.2) is 5.60 Å². The predicted octanol–water partition coefficient (Wildman–Crippen LogP) is 0.949. The van der Waals surface area contributed by atoms with Gasteiger partial charge in [-0.2, -0.15) is 0 Å². The summed E-state index contributed by atoms with van der Waals surface area (Å²) < 4.78 is 4.69. The second-order valence-electron chi connectivity index (χ2n) is 3.76. The standard InChI is InChI=1S/C12H18O5/c1-3-4-5-7-12(16,8-6-11(14)15)9-17-10(2)13/h16H,3-4,6,8-9H2,1-2H3,(H,14,15). The first-order valence-corrected chi connectivity index (χ1v) is 5.47. The number of aliphatic hydroxyl groups is 1. The van der Waals surface area contributed by atoms with E-state index in [1.165, 1.54) is 6.92 Å². The lowest BCUT2D eigenvalue weighted by Gasteiger charge is -2.20. The number of unbranched alkanes of at least 4 members (excludes halogenated alkanes) is 1. The summed E-state index contributed by atoms with van der Waals surface area (Å²) in [5.74, 6) is 3.76. The van der Waals surface area contributed by atoms with Crippen LogP contribution in [-0.2, 0) is 14.3 Å². The fourth-order valence-electron chi connectivity index (χ4n) is 1.06. The average Bonchev–Trinajstić information content (AvgIpc) is 2.24. The number of carboxylic acid groups (broad SMARTS) is 1. The molecule has 1 atom stereocenters. The number of carbonyl (C=O) groups is 2. The van der Waals surface area contributed by atoms with E-state index in [-0.39, 0.29) is 19.4 Å². The number of hydrogen-bond acceptors (Lipinski definition) is 4. The number of carboxylic acids is 1. The molecule has 5 nitrogen and oxygen atoms in total. The van der Waals surface area contributed by atoms with E-state index in [1.807, 2.05) is 6.92 Å². The first-order chi connectivity index (χ1) is 7.89. The number of aliphatic carboxylic acids is 1. The molecule has 2 N–H and O–H groups in total. The van der Waals surface area contributed by atoms with Gasteiger partial charge in [-0.15, -0.1) is 5.92 Å². The highest BCUT2D eigenvalue weighted by molar-refractivity contribution is 5.67. The molecule has 17 heavy (non-hydrogen) atoms. The molecule has 0 saturated carbocycles. The Bertz CT molecular complexity index is 306. The molecule has 0 aromatic heterocycles. The van der Waals surface area contributed by atoms with Gasteiger partial charge >= 0.3 is 11.9 Å². The fourth-order valence-corrected chi connectivity index (χ4v) is 1.06. The van der Waals surface area contributed by atoms with Gasteiger partial charge < -0.3 is 14.9 Å². The van der Waals surface area contributed by atoms with Crippen LogP contribution in [0.25, 0.3) is 0 Å². The van der Waals surface area contributed by atoms with Crippen LogP contribution in [-0.4, -0.2) is 34.4 Å². The average molecular weight is 242 g/mol. The SMILES string of the molecule is CCCC#CC(O)(CCC(=O)O)COC(C)=O. The predicted molar refractivity (Wildman–Crippen MR) is 61.1 cm³/mol. The Morgan fingerprint density at radius 3 is 2.53 bits per heavy atom. The van der Waals surface area contributed by atoms with Crippen molar-refractivity contribution in [2.45, 2.75) is 45.1 Å². The van der Waals surface area contributed by atoms with Crippen LogP contribution >= 0.6 is 0 Å². The molecule has 96 valence electrons. The van der Waals surface area contributed by atoms with Crippen molar-refractivity contribution in [3.63, 3.8) is 0 Å². The molecular weight excluding hydrogens is 224 g/mol. The van der Waals surface area contributed by atoms with Crippen molar-refractivity contribution in [3.8, 4) is 11.8 Å². The summed E-state index contributed by atoms with van der Waals surface area (Å²) >= 11 is 0. The topological polar surface area (TPSA) is 83.8 Å². The first-order valence-electron chi connectivity index (χ1n) is 5.47. The van der Waals surface area contributed by atoms with Gasteiger partial charge in [-0.3, -0.25) is 9.59 Å². The summed E-state index contributed by atoms with van der Waals surface area (Å²) in [6, 6.07) is 0. The number of rotatable bonds is 6. The molecule has 0 bridgehead atoms. The molecule has 0 aliphatic heterocycles. The second kappa shape index (κ2) is 7.69. The van der Waals surface area contributed by atoms with Gasteiger partial charge in [-0.1, -0.05) is 12.8 Å². The lowest BCUT2D eigenvalue weighted by Crippen LogP contribution is -2.34. The minimum Gasteiger partial charge on any atom is -0.481 e. The molecule has 0 rings (SSSR count).